The Hall–Kier alpha value is -4.34. The van der Waals surface area contributed by atoms with Gasteiger partial charge in [-0.25, -0.2) is 4.98 Å². The monoisotopic (exact) mass is 453 g/mol. The topological polar surface area (TPSA) is 95.2 Å². The third-order valence-corrected chi connectivity index (χ3v) is 4.36. The van der Waals surface area contributed by atoms with E-state index in [0.29, 0.717) is 28.6 Å². The van der Waals surface area contributed by atoms with Crippen LogP contribution in [0.25, 0.3) is 11.3 Å². The Morgan fingerprint density at radius 1 is 0.848 bits per heavy atom. The fourth-order valence-electron chi connectivity index (χ4n) is 2.98. The van der Waals surface area contributed by atoms with E-state index in [0.717, 1.165) is 11.4 Å². The molecule has 33 heavy (non-hydrogen) atoms. The zero-order valence-electron chi connectivity index (χ0n) is 17.3. The highest BCUT2D eigenvalue weighted by Gasteiger charge is 2.31. The summed E-state index contributed by atoms with van der Waals surface area (Å²) < 4.78 is 46.7. The van der Waals surface area contributed by atoms with Gasteiger partial charge in [0.15, 0.2) is 0 Å². The molecule has 2 aromatic heterocycles. The smallest absolute Gasteiger partial charge is 0.457 e. The van der Waals surface area contributed by atoms with Crippen molar-refractivity contribution >= 4 is 17.5 Å². The van der Waals surface area contributed by atoms with Gasteiger partial charge in [-0.1, -0.05) is 0 Å². The van der Waals surface area contributed by atoms with Crippen molar-refractivity contribution < 1.29 is 22.6 Å². The van der Waals surface area contributed by atoms with Crippen molar-refractivity contribution in [2.75, 3.05) is 11.1 Å². The summed E-state index contributed by atoms with van der Waals surface area (Å²) in [6.45, 7) is 1.88. The third-order valence-electron chi connectivity index (χ3n) is 4.36. The average Bonchev–Trinajstić information content (AvgIpc) is 2.74. The van der Waals surface area contributed by atoms with E-state index >= 15 is 0 Å². The van der Waals surface area contributed by atoms with Crippen molar-refractivity contribution in [3.8, 4) is 28.5 Å². The lowest BCUT2D eigenvalue weighted by Crippen LogP contribution is -2.16. The molecule has 4 rings (SSSR count). The minimum Gasteiger partial charge on any atom is -0.457 e. The molecule has 0 radical (unpaired) electrons. The fourth-order valence-corrected chi connectivity index (χ4v) is 2.98. The van der Waals surface area contributed by atoms with E-state index < -0.39 is 6.36 Å². The number of halogens is 3. The number of anilines is 3. The second-order valence-electron chi connectivity index (χ2n) is 6.95. The minimum atomic E-state index is -4.75. The minimum absolute atomic E-state index is 0.0126. The number of nitrogen functional groups attached to an aromatic ring is 1. The molecule has 0 bridgehead atoms. The standard InChI is InChI=1S/C23H18F3N5O2/c1-14-12-19(10-11-28-14)32-17-8-4-16(5-9-17)29-21-13-20(30-22(27)31-21)15-2-6-18(7-3-15)33-23(24,25)26/h2-13H,1H3,(H3,27,29,30,31). The fraction of sp³-hybridized carbons (Fsp3) is 0.0870. The van der Waals surface area contributed by atoms with E-state index in [1.807, 2.05) is 25.1 Å². The number of rotatable bonds is 6. The van der Waals surface area contributed by atoms with E-state index in [4.69, 9.17) is 10.5 Å². The number of aryl methyl sites for hydroxylation is 1. The van der Waals surface area contributed by atoms with Gasteiger partial charge in [-0.2, -0.15) is 4.98 Å². The van der Waals surface area contributed by atoms with Crippen molar-refractivity contribution in [3.05, 3.63) is 78.6 Å². The number of ether oxygens (including phenoxy) is 2. The Bertz CT molecular complexity index is 1250. The number of hydrogen-bond donors (Lipinski definition) is 2. The molecule has 0 aliphatic heterocycles. The maximum absolute atomic E-state index is 12.3. The van der Waals surface area contributed by atoms with Crippen LogP contribution in [-0.4, -0.2) is 21.3 Å². The summed E-state index contributed by atoms with van der Waals surface area (Å²) >= 11 is 0. The molecule has 0 amide bonds. The number of benzene rings is 2. The van der Waals surface area contributed by atoms with Crippen LogP contribution in [-0.2, 0) is 0 Å². The highest BCUT2D eigenvalue weighted by molar-refractivity contribution is 5.67. The highest BCUT2D eigenvalue weighted by atomic mass is 19.4. The molecule has 2 aromatic carbocycles. The number of alkyl halides is 3. The van der Waals surface area contributed by atoms with Gasteiger partial charge in [0.2, 0.25) is 5.95 Å². The van der Waals surface area contributed by atoms with Crippen molar-refractivity contribution in [1.29, 1.82) is 0 Å². The summed E-state index contributed by atoms with van der Waals surface area (Å²) in [7, 11) is 0. The SMILES string of the molecule is Cc1cc(Oc2ccc(Nc3cc(-c4ccc(OC(F)(F)F)cc4)nc(N)n3)cc2)ccn1. The van der Waals surface area contributed by atoms with Gasteiger partial charge in [-0.15, -0.1) is 13.2 Å². The first-order valence-corrected chi connectivity index (χ1v) is 9.72. The zero-order valence-corrected chi connectivity index (χ0v) is 17.3. The number of pyridine rings is 1. The van der Waals surface area contributed by atoms with Gasteiger partial charge >= 0.3 is 6.36 Å². The van der Waals surface area contributed by atoms with E-state index in [-0.39, 0.29) is 11.7 Å². The summed E-state index contributed by atoms with van der Waals surface area (Å²) in [6, 6.07) is 17.8. The van der Waals surface area contributed by atoms with E-state index in [9.17, 15) is 13.2 Å². The molecular weight excluding hydrogens is 435 g/mol. The average molecular weight is 453 g/mol. The van der Waals surface area contributed by atoms with Gasteiger partial charge in [-0.05, 0) is 61.5 Å². The third kappa shape index (κ3) is 6.10. The van der Waals surface area contributed by atoms with Crippen LogP contribution in [0, 0.1) is 6.92 Å². The van der Waals surface area contributed by atoms with Crippen LogP contribution < -0.4 is 20.5 Å². The maximum atomic E-state index is 12.3. The molecule has 0 fully saturated rings. The summed E-state index contributed by atoms with van der Waals surface area (Å²) in [4.78, 5) is 12.5. The van der Waals surface area contributed by atoms with Gasteiger partial charge in [0.25, 0.3) is 0 Å². The summed E-state index contributed by atoms with van der Waals surface area (Å²) in [5.41, 5.74) is 8.40. The predicted molar refractivity (Wildman–Crippen MR) is 117 cm³/mol. The Labute approximate surface area is 187 Å². The number of nitrogens with zero attached hydrogens (tertiary/aromatic N) is 3. The van der Waals surface area contributed by atoms with Gasteiger partial charge in [-0.3, -0.25) is 4.98 Å². The molecule has 0 spiro atoms. The van der Waals surface area contributed by atoms with Crippen molar-refractivity contribution in [1.82, 2.24) is 15.0 Å². The largest absolute Gasteiger partial charge is 0.573 e. The van der Waals surface area contributed by atoms with Gasteiger partial charge in [0.05, 0.1) is 5.69 Å². The Balaban J connectivity index is 1.48. The first kappa shape index (κ1) is 21.9. The molecule has 10 heteroatoms. The van der Waals surface area contributed by atoms with Crippen LogP contribution in [0.4, 0.5) is 30.6 Å². The van der Waals surface area contributed by atoms with Crippen LogP contribution >= 0.6 is 0 Å². The van der Waals surface area contributed by atoms with Gasteiger partial charge in [0.1, 0.15) is 23.1 Å². The lowest BCUT2D eigenvalue weighted by Gasteiger charge is -2.11. The molecule has 3 N–H and O–H groups in total. The molecule has 0 unspecified atom stereocenters. The number of nitrogens with two attached hydrogens (primary N) is 1. The van der Waals surface area contributed by atoms with Crippen LogP contribution in [0.15, 0.2) is 72.9 Å². The highest BCUT2D eigenvalue weighted by Crippen LogP contribution is 2.28. The Kier molecular flexibility index (Phi) is 5.99. The molecule has 168 valence electrons. The second kappa shape index (κ2) is 9.03. The van der Waals surface area contributed by atoms with Crippen LogP contribution in [0.5, 0.6) is 17.2 Å². The summed E-state index contributed by atoms with van der Waals surface area (Å²) in [5.74, 6) is 1.44. The Morgan fingerprint density at radius 2 is 1.55 bits per heavy atom. The molecule has 2 heterocycles. The molecule has 7 nitrogen and oxygen atoms in total. The second-order valence-corrected chi connectivity index (χ2v) is 6.95. The summed E-state index contributed by atoms with van der Waals surface area (Å²) in [5, 5.41) is 3.13. The van der Waals surface area contributed by atoms with Gasteiger partial charge < -0.3 is 20.5 Å². The predicted octanol–water partition coefficient (Wildman–Crippen LogP) is 5.86. The number of nitrogens with one attached hydrogen (secondary N) is 1. The first-order valence-electron chi connectivity index (χ1n) is 9.72. The first-order chi connectivity index (χ1) is 15.7. The van der Waals surface area contributed by atoms with Crippen LogP contribution in [0.1, 0.15) is 5.69 Å². The van der Waals surface area contributed by atoms with E-state index in [1.54, 1.807) is 30.5 Å². The molecule has 0 saturated carbocycles. The van der Waals surface area contributed by atoms with Crippen LogP contribution in [0.2, 0.25) is 0 Å². The van der Waals surface area contributed by atoms with Crippen molar-refractivity contribution in [2.45, 2.75) is 13.3 Å². The summed E-state index contributed by atoms with van der Waals surface area (Å²) in [6.07, 6.45) is -3.08. The molecule has 0 aliphatic carbocycles. The molecule has 4 aromatic rings. The normalized spacial score (nSPS) is 11.2. The molecule has 0 atom stereocenters. The quantitative estimate of drug-likeness (QED) is 0.377. The number of aromatic nitrogens is 3. The zero-order chi connectivity index (χ0) is 23.4. The van der Waals surface area contributed by atoms with Crippen molar-refractivity contribution in [2.24, 2.45) is 0 Å². The molecule has 0 saturated heterocycles. The van der Waals surface area contributed by atoms with Crippen molar-refractivity contribution in [3.63, 3.8) is 0 Å². The maximum Gasteiger partial charge on any atom is 0.573 e. The molecular formula is C23H18F3N5O2. The van der Waals surface area contributed by atoms with Crippen LogP contribution in [0.3, 0.4) is 0 Å². The van der Waals surface area contributed by atoms with E-state index in [1.165, 1.54) is 24.3 Å². The number of hydrogen-bond acceptors (Lipinski definition) is 7. The van der Waals surface area contributed by atoms with E-state index in [2.05, 4.69) is 25.0 Å². The molecule has 0 aliphatic rings. The lowest BCUT2D eigenvalue weighted by atomic mass is 10.1. The lowest BCUT2D eigenvalue weighted by molar-refractivity contribution is -0.274. The van der Waals surface area contributed by atoms with Gasteiger partial charge in [0, 0.05) is 35.3 Å². The Morgan fingerprint density at radius 3 is 2.21 bits per heavy atom.